The number of nitrogens with zero attached hydrogens (tertiary/aromatic N) is 4. The monoisotopic (exact) mass is 538 g/mol. The van der Waals surface area contributed by atoms with Gasteiger partial charge in [-0.2, -0.15) is 0 Å². The summed E-state index contributed by atoms with van der Waals surface area (Å²) < 4.78 is 0. The maximum atomic E-state index is 11.2. The van der Waals surface area contributed by atoms with Gasteiger partial charge < -0.3 is 20.9 Å². The SMILES string of the molecule is Nc1cccc(N2CC3CC3C2)n1.O=C(CCl)Nc1cccc(N2CC3CC3C2)n1.O=C(Cl)CCl. The number of piperidine rings is 2. The third-order valence-corrected chi connectivity index (χ3v) is 7.35. The van der Waals surface area contributed by atoms with E-state index in [1.54, 1.807) is 6.07 Å². The summed E-state index contributed by atoms with van der Waals surface area (Å²) in [4.78, 5) is 34.0. The van der Waals surface area contributed by atoms with Crippen LogP contribution < -0.4 is 20.9 Å². The Balaban J connectivity index is 0.000000142. The Hall–Kier alpha value is -2.29. The Morgan fingerprint density at radius 1 is 0.857 bits per heavy atom. The van der Waals surface area contributed by atoms with Crippen molar-refractivity contribution < 1.29 is 9.59 Å². The highest BCUT2D eigenvalue weighted by Gasteiger charge is 2.46. The van der Waals surface area contributed by atoms with Crippen molar-refractivity contribution in [1.29, 1.82) is 0 Å². The topological polar surface area (TPSA) is 104 Å². The van der Waals surface area contributed by atoms with Crippen LogP contribution in [-0.4, -0.2) is 59.1 Å². The van der Waals surface area contributed by atoms with Crippen LogP contribution in [-0.2, 0) is 9.59 Å². The van der Waals surface area contributed by atoms with Crippen LogP contribution in [0.5, 0.6) is 0 Å². The Bertz CT molecular complexity index is 1040. The second-order valence-electron chi connectivity index (χ2n) is 9.29. The molecule has 35 heavy (non-hydrogen) atoms. The van der Waals surface area contributed by atoms with Gasteiger partial charge in [0.15, 0.2) is 0 Å². The van der Waals surface area contributed by atoms with Crippen LogP contribution >= 0.6 is 34.8 Å². The number of nitrogen functional groups attached to an aromatic ring is 1. The fraction of sp³-hybridized carbons (Fsp3) is 0.500. The number of anilines is 4. The van der Waals surface area contributed by atoms with Crippen LogP contribution in [0.1, 0.15) is 12.8 Å². The van der Waals surface area contributed by atoms with E-state index in [4.69, 9.17) is 40.5 Å². The molecule has 3 N–H and O–H groups in total. The summed E-state index contributed by atoms with van der Waals surface area (Å²) in [6, 6.07) is 11.5. The van der Waals surface area contributed by atoms with Crippen LogP contribution in [0.15, 0.2) is 36.4 Å². The van der Waals surface area contributed by atoms with Crippen LogP contribution in [0.3, 0.4) is 0 Å². The lowest BCUT2D eigenvalue weighted by molar-refractivity contribution is -0.114. The summed E-state index contributed by atoms with van der Waals surface area (Å²) in [5.41, 5.74) is 5.63. The molecule has 8 nitrogen and oxygen atoms in total. The molecule has 0 spiro atoms. The third-order valence-electron chi connectivity index (χ3n) is 6.59. The number of pyridine rings is 2. The van der Waals surface area contributed by atoms with Gasteiger partial charge >= 0.3 is 0 Å². The predicted molar refractivity (Wildman–Crippen MR) is 141 cm³/mol. The minimum absolute atomic E-state index is 0.0419. The molecule has 1 amide bonds. The first kappa shape index (κ1) is 25.8. The predicted octanol–water partition coefficient (Wildman–Crippen LogP) is 3.83. The van der Waals surface area contributed by atoms with Crippen molar-refractivity contribution in [2.45, 2.75) is 12.8 Å². The number of rotatable bonds is 5. The second-order valence-corrected chi connectivity index (χ2v) is 10.3. The largest absolute Gasteiger partial charge is 0.384 e. The number of nitrogens with two attached hydrogens (primary N) is 1. The maximum absolute atomic E-state index is 11.2. The molecule has 2 aromatic rings. The Morgan fingerprint density at radius 2 is 1.34 bits per heavy atom. The molecule has 0 aromatic carbocycles. The summed E-state index contributed by atoms with van der Waals surface area (Å²) in [7, 11) is 0. The Labute approximate surface area is 220 Å². The number of nitrogens with one attached hydrogen (secondary N) is 1. The van der Waals surface area contributed by atoms with E-state index in [1.165, 1.54) is 25.9 Å². The number of halogens is 3. The number of hydrogen-bond acceptors (Lipinski definition) is 7. The highest BCUT2D eigenvalue weighted by Crippen LogP contribution is 2.46. The van der Waals surface area contributed by atoms with Crippen molar-refractivity contribution in [3.8, 4) is 0 Å². The van der Waals surface area contributed by atoms with E-state index in [-0.39, 0.29) is 17.7 Å². The molecule has 0 radical (unpaired) electrons. The highest BCUT2D eigenvalue weighted by atomic mass is 35.5. The molecule has 0 bridgehead atoms. The van der Waals surface area contributed by atoms with Crippen LogP contribution in [0.2, 0.25) is 0 Å². The minimum Gasteiger partial charge on any atom is -0.384 e. The lowest BCUT2D eigenvalue weighted by Crippen LogP contribution is -2.23. The summed E-state index contributed by atoms with van der Waals surface area (Å²) in [6.07, 6.45) is 2.80. The molecular weight excluding hydrogens is 511 g/mol. The number of fused-ring (bicyclic) bond motifs is 2. The summed E-state index contributed by atoms with van der Waals surface area (Å²) in [5.74, 6) is 6.48. The molecule has 11 heteroatoms. The zero-order valence-electron chi connectivity index (χ0n) is 19.2. The number of hydrogen-bond donors (Lipinski definition) is 2. The standard InChI is InChI=1S/C12H14ClN3O.C10H13N3.C2H2Cl2O/c13-5-12(17)15-10-2-1-3-11(14-10)16-6-8-4-9(8)7-16;11-9-2-1-3-10(12-9)13-5-7-4-8(7)6-13;3-1-2(4)5/h1-3,8-9H,4-7H2,(H,14,15,17);1-3,7-8H,4-6H2,(H2,11,12);1H2. The molecule has 4 fully saturated rings. The molecule has 188 valence electrons. The molecule has 2 saturated carbocycles. The summed E-state index contributed by atoms with van der Waals surface area (Å²) in [6.45, 7) is 4.57. The fourth-order valence-electron chi connectivity index (χ4n) is 4.63. The van der Waals surface area contributed by atoms with Crippen LogP contribution in [0.25, 0.3) is 0 Å². The van der Waals surface area contributed by atoms with Gasteiger partial charge in [0.05, 0.1) is 5.88 Å². The first-order valence-electron chi connectivity index (χ1n) is 11.7. The van der Waals surface area contributed by atoms with Crippen molar-refractivity contribution in [2.24, 2.45) is 23.7 Å². The van der Waals surface area contributed by atoms with Crippen molar-refractivity contribution >= 4 is 69.2 Å². The van der Waals surface area contributed by atoms with E-state index in [0.29, 0.717) is 11.6 Å². The van der Waals surface area contributed by atoms with Gasteiger partial charge in [-0.15, -0.1) is 23.2 Å². The van der Waals surface area contributed by atoms with Crippen molar-refractivity contribution in [1.82, 2.24) is 9.97 Å². The van der Waals surface area contributed by atoms with Gasteiger partial charge in [-0.25, -0.2) is 9.97 Å². The normalized spacial score (nSPS) is 24.8. The minimum atomic E-state index is -0.508. The molecule has 4 aliphatic rings. The molecule has 2 aromatic heterocycles. The van der Waals surface area contributed by atoms with E-state index in [1.807, 2.05) is 30.3 Å². The average Bonchev–Trinajstić information content (AvgIpc) is 3.70. The van der Waals surface area contributed by atoms with Gasteiger partial charge in [-0.05, 0) is 72.4 Å². The molecular formula is C24H29Cl3N6O2. The average molecular weight is 540 g/mol. The lowest BCUT2D eigenvalue weighted by atomic mass is 10.4. The van der Waals surface area contributed by atoms with E-state index in [2.05, 4.69) is 25.1 Å². The maximum Gasteiger partial charge on any atom is 0.240 e. The highest BCUT2D eigenvalue weighted by molar-refractivity contribution is 6.67. The molecule has 2 saturated heterocycles. The molecule has 2 aliphatic heterocycles. The molecule has 2 aliphatic carbocycles. The number of carbonyl (C=O) groups excluding carboxylic acids is 2. The number of amides is 1. The fourth-order valence-corrected chi connectivity index (χ4v) is 4.70. The lowest BCUT2D eigenvalue weighted by Gasteiger charge is -2.19. The van der Waals surface area contributed by atoms with Crippen molar-refractivity contribution in [3.63, 3.8) is 0 Å². The second kappa shape index (κ2) is 11.6. The van der Waals surface area contributed by atoms with E-state index in [9.17, 15) is 9.59 Å². The number of alkyl halides is 2. The summed E-state index contributed by atoms with van der Waals surface area (Å²) >= 11 is 15.0. The zero-order chi connectivity index (χ0) is 24.9. The first-order valence-corrected chi connectivity index (χ1v) is 13.1. The van der Waals surface area contributed by atoms with Crippen molar-refractivity contribution in [3.05, 3.63) is 36.4 Å². The van der Waals surface area contributed by atoms with Gasteiger partial charge in [0.25, 0.3) is 0 Å². The van der Waals surface area contributed by atoms with Gasteiger partial charge in [-0.1, -0.05) is 12.1 Å². The van der Waals surface area contributed by atoms with E-state index >= 15 is 0 Å². The molecule has 6 rings (SSSR count). The smallest absolute Gasteiger partial charge is 0.240 e. The third kappa shape index (κ3) is 7.35. The molecule has 4 heterocycles. The zero-order valence-corrected chi connectivity index (χ0v) is 21.5. The van der Waals surface area contributed by atoms with Crippen LogP contribution in [0.4, 0.5) is 23.3 Å². The van der Waals surface area contributed by atoms with Gasteiger partial charge in [-0.3, -0.25) is 9.59 Å². The molecule has 4 atom stereocenters. The quantitative estimate of drug-likeness (QED) is 0.440. The Morgan fingerprint density at radius 3 is 1.80 bits per heavy atom. The number of aromatic nitrogens is 2. The van der Waals surface area contributed by atoms with Gasteiger partial charge in [0.2, 0.25) is 11.1 Å². The Kier molecular flexibility index (Phi) is 8.57. The van der Waals surface area contributed by atoms with Gasteiger partial charge in [0, 0.05) is 26.2 Å². The first-order chi connectivity index (χ1) is 16.9. The van der Waals surface area contributed by atoms with E-state index in [0.717, 1.165) is 48.4 Å². The molecule has 4 unspecified atom stereocenters. The van der Waals surface area contributed by atoms with E-state index < -0.39 is 5.24 Å². The van der Waals surface area contributed by atoms with Crippen LogP contribution in [0, 0.1) is 23.7 Å². The van der Waals surface area contributed by atoms with Gasteiger partial charge in [0.1, 0.15) is 29.2 Å². The van der Waals surface area contributed by atoms with Crippen molar-refractivity contribution in [2.75, 3.05) is 58.8 Å². The summed E-state index contributed by atoms with van der Waals surface area (Å²) in [5, 5.41) is 2.16. The number of carbonyl (C=O) groups is 2.